The minimum absolute atomic E-state index is 0.218. The summed E-state index contributed by atoms with van der Waals surface area (Å²) in [5.41, 5.74) is 4.30. The molecule has 0 bridgehead atoms. The number of aromatic amines is 2. The highest BCUT2D eigenvalue weighted by Gasteiger charge is 2.18. The van der Waals surface area contributed by atoms with Crippen LogP contribution in [0.25, 0.3) is 33.8 Å². The van der Waals surface area contributed by atoms with E-state index in [2.05, 4.69) is 27.0 Å². The van der Waals surface area contributed by atoms with E-state index in [1.807, 2.05) is 32.0 Å². The van der Waals surface area contributed by atoms with Crippen LogP contribution in [0.4, 0.5) is 0 Å². The number of hydrogen-bond donors (Lipinski definition) is 2. The Kier molecular flexibility index (Phi) is 4.92. The minimum atomic E-state index is -0.218. The van der Waals surface area contributed by atoms with Gasteiger partial charge in [0.2, 0.25) is 0 Å². The van der Waals surface area contributed by atoms with Crippen LogP contribution in [0, 0.1) is 6.92 Å². The molecule has 0 aliphatic carbocycles. The van der Waals surface area contributed by atoms with Gasteiger partial charge in [0.1, 0.15) is 22.9 Å². The first-order chi connectivity index (χ1) is 14.0. The molecule has 3 heterocycles. The molecule has 0 amide bonds. The maximum Gasteiger partial charge on any atom is 0.277 e. The van der Waals surface area contributed by atoms with Crippen molar-refractivity contribution in [1.82, 2.24) is 29.7 Å². The molecule has 0 fully saturated rings. The number of hydrogen-bond acceptors (Lipinski definition) is 5. The molecule has 8 heteroatoms. The SMILES string of the molecule is CCCc1nn(C)c2c(=O)[nH]c(-c3cc(-c4ncc(C)[nH]4)ccc3OCC)nc12. The molecular weight excluding hydrogens is 368 g/mol. The smallest absolute Gasteiger partial charge is 0.277 e. The van der Waals surface area contributed by atoms with Gasteiger partial charge in [-0.2, -0.15) is 5.10 Å². The third-order valence-electron chi connectivity index (χ3n) is 4.76. The first kappa shape index (κ1) is 18.9. The number of nitrogens with one attached hydrogen (secondary N) is 2. The number of aromatic nitrogens is 6. The average molecular weight is 392 g/mol. The Labute approximate surface area is 168 Å². The second kappa shape index (κ2) is 7.54. The molecule has 29 heavy (non-hydrogen) atoms. The summed E-state index contributed by atoms with van der Waals surface area (Å²) >= 11 is 0. The number of nitrogens with zero attached hydrogens (tertiary/aromatic N) is 4. The lowest BCUT2D eigenvalue weighted by atomic mass is 10.1. The van der Waals surface area contributed by atoms with Gasteiger partial charge in [-0.1, -0.05) is 13.3 Å². The minimum Gasteiger partial charge on any atom is -0.493 e. The van der Waals surface area contributed by atoms with E-state index in [1.165, 1.54) is 0 Å². The van der Waals surface area contributed by atoms with Crippen LogP contribution >= 0.6 is 0 Å². The summed E-state index contributed by atoms with van der Waals surface area (Å²) in [7, 11) is 1.77. The standard InChI is InChI=1S/C21H24N6O2/c1-5-7-15-17-18(27(4)26-15)21(28)25-20(24-17)14-10-13(8-9-16(14)29-6-2)19-22-11-12(3)23-19/h8-11H,5-7H2,1-4H3,(H,22,23)(H,24,25,28). The summed E-state index contributed by atoms with van der Waals surface area (Å²) < 4.78 is 7.41. The molecule has 0 aliphatic rings. The molecule has 2 N–H and O–H groups in total. The molecule has 8 nitrogen and oxygen atoms in total. The van der Waals surface area contributed by atoms with E-state index in [1.54, 1.807) is 17.9 Å². The number of benzene rings is 1. The number of fused-ring (bicyclic) bond motifs is 1. The van der Waals surface area contributed by atoms with Crippen molar-refractivity contribution in [3.63, 3.8) is 0 Å². The van der Waals surface area contributed by atoms with Crippen molar-refractivity contribution in [3.05, 3.63) is 46.1 Å². The molecule has 4 rings (SSSR count). The Morgan fingerprint density at radius 1 is 1.17 bits per heavy atom. The highest BCUT2D eigenvalue weighted by molar-refractivity contribution is 5.80. The molecule has 0 aliphatic heterocycles. The van der Waals surface area contributed by atoms with E-state index in [0.717, 1.165) is 35.6 Å². The van der Waals surface area contributed by atoms with Crippen LogP contribution in [0.1, 0.15) is 31.7 Å². The number of ether oxygens (including phenoxy) is 1. The van der Waals surface area contributed by atoms with E-state index in [-0.39, 0.29) is 5.56 Å². The van der Waals surface area contributed by atoms with Crippen molar-refractivity contribution >= 4 is 11.0 Å². The maximum atomic E-state index is 12.8. The second-order valence-electron chi connectivity index (χ2n) is 6.99. The molecule has 4 aromatic rings. The van der Waals surface area contributed by atoms with Gasteiger partial charge >= 0.3 is 0 Å². The number of imidazole rings is 1. The van der Waals surface area contributed by atoms with Crippen molar-refractivity contribution in [2.45, 2.75) is 33.6 Å². The molecule has 0 saturated carbocycles. The van der Waals surface area contributed by atoms with Gasteiger partial charge in [0.15, 0.2) is 5.52 Å². The molecule has 0 atom stereocenters. The monoisotopic (exact) mass is 392 g/mol. The lowest BCUT2D eigenvalue weighted by Crippen LogP contribution is -2.12. The van der Waals surface area contributed by atoms with Crippen LogP contribution in [0.5, 0.6) is 5.75 Å². The Hall–Kier alpha value is -3.42. The highest BCUT2D eigenvalue weighted by Crippen LogP contribution is 2.32. The third kappa shape index (κ3) is 3.41. The van der Waals surface area contributed by atoms with Crippen molar-refractivity contribution in [3.8, 4) is 28.5 Å². The summed E-state index contributed by atoms with van der Waals surface area (Å²) in [6.07, 6.45) is 3.47. The molecular formula is C21H24N6O2. The van der Waals surface area contributed by atoms with Crippen LogP contribution in [0.2, 0.25) is 0 Å². The van der Waals surface area contributed by atoms with Gasteiger partial charge in [-0.3, -0.25) is 9.48 Å². The van der Waals surface area contributed by atoms with Crippen LogP contribution in [-0.2, 0) is 13.5 Å². The lowest BCUT2D eigenvalue weighted by molar-refractivity contribution is 0.341. The fourth-order valence-corrected chi connectivity index (χ4v) is 3.48. The van der Waals surface area contributed by atoms with Gasteiger partial charge in [0.25, 0.3) is 5.56 Å². The van der Waals surface area contributed by atoms with E-state index in [4.69, 9.17) is 9.72 Å². The zero-order chi connectivity index (χ0) is 20.5. The highest BCUT2D eigenvalue weighted by atomic mass is 16.5. The normalized spacial score (nSPS) is 11.3. The zero-order valence-corrected chi connectivity index (χ0v) is 17.0. The van der Waals surface area contributed by atoms with Crippen LogP contribution in [0.15, 0.2) is 29.2 Å². The topological polar surface area (TPSA) is 101 Å². The van der Waals surface area contributed by atoms with Crippen LogP contribution in [-0.4, -0.2) is 36.3 Å². The van der Waals surface area contributed by atoms with E-state index in [0.29, 0.717) is 34.8 Å². The molecule has 0 spiro atoms. The summed E-state index contributed by atoms with van der Waals surface area (Å²) in [6.45, 7) is 6.47. The van der Waals surface area contributed by atoms with Crippen molar-refractivity contribution in [2.24, 2.45) is 7.05 Å². The Balaban J connectivity index is 1.93. The molecule has 150 valence electrons. The number of aryl methyl sites for hydroxylation is 3. The van der Waals surface area contributed by atoms with Crippen molar-refractivity contribution < 1.29 is 4.74 Å². The molecule has 3 aromatic heterocycles. The van der Waals surface area contributed by atoms with Gasteiger partial charge in [-0.25, -0.2) is 9.97 Å². The van der Waals surface area contributed by atoms with E-state index >= 15 is 0 Å². The summed E-state index contributed by atoms with van der Waals surface area (Å²) in [4.78, 5) is 28.1. The predicted octanol–water partition coefficient (Wildman–Crippen LogP) is 3.37. The van der Waals surface area contributed by atoms with Gasteiger partial charge in [0, 0.05) is 24.5 Å². The molecule has 1 aromatic carbocycles. The van der Waals surface area contributed by atoms with Gasteiger partial charge < -0.3 is 14.7 Å². The first-order valence-corrected chi connectivity index (χ1v) is 9.76. The lowest BCUT2D eigenvalue weighted by Gasteiger charge is -2.11. The summed E-state index contributed by atoms with van der Waals surface area (Å²) in [6, 6.07) is 5.76. The van der Waals surface area contributed by atoms with Crippen molar-refractivity contribution in [1.29, 1.82) is 0 Å². The molecule has 0 unspecified atom stereocenters. The van der Waals surface area contributed by atoms with E-state index < -0.39 is 0 Å². The first-order valence-electron chi connectivity index (χ1n) is 9.76. The summed E-state index contributed by atoms with van der Waals surface area (Å²) in [5, 5.41) is 4.49. The number of rotatable bonds is 6. The second-order valence-corrected chi connectivity index (χ2v) is 6.99. The zero-order valence-electron chi connectivity index (χ0n) is 17.0. The predicted molar refractivity (Wildman–Crippen MR) is 112 cm³/mol. The quantitative estimate of drug-likeness (QED) is 0.524. The van der Waals surface area contributed by atoms with Crippen LogP contribution < -0.4 is 10.3 Å². The molecule has 0 saturated heterocycles. The molecule has 0 radical (unpaired) electrons. The largest absolute Gasteiger partial charge is 0.493 e. The van der Waals surface area contributed by atoms with Gasteiger partial charge in [-0.05, 0) is 38.5 Å². The van der Waals surface area contributed by atoms with E-state index in [9.17, 15) is 4.79 Å². The average Bonchev–Trinajstić information content (AvgIpc) is 3.26. The fraction of sp³-hybridized carbons (Fsp3) is 0.333. The Bertz CT molecular complexity index is 1230. The summed E-state index contributed by atoms with van der Waals surface area (Å²) in [5.74, 6) is 1.87. The van der Waals surface area contributed by atoms with Crippen molar-refractivity contribution in [2.75, 3.05) is 6.61 Å². The fourth-order valence-electron chi connectivity index (χ4n) is 3.48. The Morgan fingerprint density at radius 3 is 2.69 bits per heavy atom. The third-order valence-corrected chi connectivity index (χ3v) is 4.76. The maximum absolute atomic E-state index is 12.8. The Morgan fingerprint density at radius 2 is 2.00 bits per heavy atom. The number of H-pyrrole nitrogens is 2. The van der Waals surface area contributed by atoms with Gasteiger partial charge in [0.05, 0.1) is 17.9 Å². The van der Waals surface area contributed by atoms with Gasteiger partial charge in [-0.15, -0.1) is 0 Å². The van der Waals surface area contributed by atoms with Crippen LogP contribution in [0.3, 0.4) is 0 Å².